The minimum atomic E-state index is -0.522. The average Bonchev–Trinajstić information content (AvgIpc) is 3.22. The number of ether oxygens (including phenoxy) is 1. The number of furan rings is 1. The van der Waals surface area contributed by atoms with Crippen LogP contribution in [0, 0.1) is 20.2 Å². The Hall–Kier alpha value is -4.54. The van der Waals surface area contributed by atoms with Crippen molar-refractivity contribution in [3.05, 3.63) is 86.1 Å². The number of hydrogen-bond donors (Lipinski definition) is 1. The van der Waals surface area contributed by atoms with Crippen molar-refractivity contribution in [2.75, 3.05) is 7.11 Å². The molecular formula is C20H16N4O7. The number of hydrogen-bond acceptors (Lipinski definition) is 8. The number of carbonyl (C=O) groups is 1. The Morgan fingerprint density at radius 3 is 2.39 bits per heavy atom. The van der Waals surface area contributed by atoms with Crippen LogP contribution in [0.4, 0.5) is 11.4 Å². The van der Waals surface area contributed by atoms with Gasteiger partial charge in [-0.3, -0.25) is 25.0 Å². The number of non-ortho nitro benzene ring substituents is 2. The summed E-state index contributed by atoms with van der Waals surface area (Å²) in [4.78, 5) is 32.5. The van der Waals surface area contributed by atoms with E-state index in [4.69, 9.17) is 9.15 Å². The molecule has 1 aromatic heterocycles. The molecule has 11 nitrogen and oxygen atoms in total. The first kappa shape index (κ1) is 21.2. The van der Waals surface area contributed by atoms with Crippen LogP contribution in [0.15, 0.2) is 64.1 Å². The molecule has 1 amide bonds. The molecule has 0 spiro atoms. The second-order valence-electron chi connectivity index (χ2n) is 6.24. The molecule has 0 radical (unpaired) electrons. The molecule has 0 aliphatic heterocycles. The lowest BCUT2D eigenvalue weighted by atomic mass is 10.1. The largest absolute Gasteiger partial charge is 0.496 e. The number of nitrogens with zero attached hydrogens (tertiary/aromatic N) is 3. The summed E-state index contributed by atoms with van der Waals surface area (Å²) in [5, 5.41) is 25.4. The Morgan fingerprint density at radius 2 is 1.74 bits per heavy atom. The number of nitro groups is 2. The molecule has 3 aromatic rings. The summed E-state index contributed by atoms with van der Waals surface area (Å²) in [5.74, 6) is 0.619. The number of carbonyl (C=O) groups excluding carboxylic acids is 1. The fraction of sp³-hybridized carbons (Fsp3) is 0.100. The number of nitrogens with one attached hydrogen (secondary N) is 1. The second-order valence-corrected chi connectivity index (χ2v) is 6.24. The molecule has 0 atom stereocenters. The van der Waals surface area contributed by atoms with Crippen LogP contribution in [0.2, 0.25) is 0 Å². The number of hydrazone groups is 1. The summed E-state index contributed by atoms with van der Waals surface area (Å²) < 4.78 is 10.8. The third-order valence-corrected chi connectivity index (χ3v) is 4.18. The third-order valence-electron chi connectivity index (χ3n) is 4.18. The van der Waals surface area contributed by atoms with Crippen LogP contribution in [-0.4, -0.2) is 29.1 Å². The normalized spacial score (nSPS) is 10.7. The SMILES string of the molecule is COc1cc([N+](=O)[O-])ccc1-c1ccc(/C=N\NC(=O)Cc2ccc([N+](=O)[O-])cc2)o1. The van der Waals surface area contributed by atoms with E-state index in [-0.39, 0.29) is 23.5 Å². The van der Waals surface area contributed by atoms with Gasteiger partial charge >= 0.3 is 0 Å². The number of nitro benzene ring substituents is 2. The molecule has 0 saturated heterocycles. The molecular weight excluding hydrogens is 408 g/mol. The first-order chi connectivity index (χ1) is 14.9. The molecule has 0 fully saturated rings. The van der Waals surface area contributed by atoms with Gasteiger partial charge < -0.3 is 9.15 Å². The minimum Gasteiger partial charge on any atom is -0.496 e. The van der Waals surface area contributed by atoms with E-state index in [1.807, 2.05) is 0 Å². The van der Waals surface area contributed by atoms with Crippen LogP contribution in [-0.2, 0) is 11.2 Å². The summed E-state index contributed by atoms with van der Waals surface area (Å²) in [6.07, 6.45) is 1.30. The molecule has 3 rings (SSSR count). The zero-order chi connectivity index (χ0) is 22.4. The first-order valence-corrected chi connectivity index (χ1v) is 8.85. The van der Waals surface area contributed by atoms with Gasteiger partial charge in [0.2, 0.25) is 5.91 Å². The van der Waals surface area contributed by atoms with E-state index < -0.39 is 15.8 Å². The summed E-state index contributed by atoms with van der Waals surface area (Å²) in [6.45, 7) is 0. The van der Waals surface area contributed by atoms with Crippen molar-refractivity contribution < 1.29 is 23.8 Å². The van der Waals surface area contributed by atoms with Gasteiger partial charge in [0.25, 0.3) is 11.4 Å². The second kappa shape index (κ2) is 9.31. The molecule has 11 heteroatoms. The number of benzene rings is 2. The highest BCUT2D eigenvalue weighted by atomic mass is 16.6. The maximum atomic E-state index is 12.0. The highest BCUT2D eigenvalue weighted by Crippen LogP contribution is 2.34. The van der Waals surface area contributed by atoms with Crippen LogP contribution in [0.5, 0.6) is 5.75 Å². The standard InChI is InChI=1S/C20H16N4O7/c1-30-19-11-15(24(28)29)6-8-17(19)18-9-7-16(31-18)12-21-22-20(25)10-13-2-4-14(5-3-13)23(26)27/h2-9,11-12H,10H2,1H3,(H,22,25)/b21-12-. The van der Waals surface area contributed by atoms with Crippen molar-refractivity contribution in [3.63, 3.8) is 0 Å². The number of amides is 1. The average molecular weight is 424 g/mol. The fourth-order valence-electron chi connectivity index (χ4n) is 2.69. The number of methoxy groups -OCH3 is 1. The summed E-state index contributed by atoms with van der Waals surface area (Å²) in [6, 6.07) is 13.0. The number of rotatable bonds is 8. The van der Waals surface area contributed by atoms with E-state index in [2.05, 4.69) is 10.5 Å². The van der Waals surface area contributed by atoms with Crippen molar-refractivity contribution in [2.45, 2.75) is 6.42 Å². The maximum absolute atomic E-state index is 12.0. The Morgan fingerprint density at radius 1 is 1.06 bits per heavy atom. The van der Waals surface area contributed by atoms with Gasteiger partial charge in [0.1, 0.15) is 17.3 Å². The monoisotopic (exact) mass is 424 g/mol. The van der Waals surface area contributed by atoms with Crippen LogP contribution < -0.4 is 10.2 Å². The first-order valence-electron chi connectivity index (χ1n) is 8.85. The molecule has 1 N–H and O–H groups in total. The third kappa shape index (κ3) is 5.29. The summed E-state index contributed by atoms with van der Waals surface area (Å²) >= 11 is 0. The van der Waals surface area contributed by atoms with E-state index in [1.165, 1.54) is 55.8 Å². The van der Waals surface area contributed by atoms with Crippen LogP contribution in [0.25, 0.3) is 11.3 Å². The molecule has 1 heterocycles. The van der Waals surface area contributed by atoms with Gasteiger partial charge in [0, 0.05) is 18.2 Å². The van der Waals surface area contributed by atoms with Gasteiger partial charge in [0.05, 0.1) is 41.2 Å². The lowest BCUT2D eigenvalue weighted by Gasteiger charge is -2.05. The zero-order valence-electron chi connectivity index (χ0n) is 16.2. The summed E-state index contributed by atoms with van der Waals surface area (Å²) in [7, 11) is 1.40. The molecule has 31 heavy (non-hydrogen) atoms. The molecule has 2 aromatic carbocycles. The molecule has 0 aliphatic rings. The predicted molar refractivity (Wildman–Crippen MR) is 110 cm³/mol. The van der Waals surface area contributed by atoms with Gasteiger partial charge in [-0.15, -0.1) is 0 Å². The topological polar surface area (TPSA) is 150 Å². The Kier molecular flexibility index (Phi) is 6.36. The Labute approximate surface area is 175 Å². The van der Waals surface area contributed by atoms with Crippen molar-refractivity contribution in [3.8, 4) is 17.1 Å². The van der Waals surface area contributed by atoms with Gasteiger partial charge in [0.15, 0.2) is 0 Å². The van der Waals surface area contributed by atoms with Crippen molar-refractivity contribution >= 4 is 23.5 Å². The zero-order valence-corrected chi connectivity index (χ0v) is 16.2. The van der Waals surface area contributed by atoms with Crippen LogP contribution in [0.1, 0.15) is 11.3 Å². The Bertz CT molecular complexity index is 1150. The van der Waals surface area contributed by atoms with Gasteiger partial charge in [-0.1, -0.05) is 12.1 Å². The van der Waals surface area contributed by atoms with Crippen molar-refractivity contribution in [1.29, 1.82) is 0 Å². The molecule has 0 aliphatic carbocycles. The van der Waals surface area contributed by atoms with Gasteiger partial charge in [-0.05, 0) is 23.8 Å². The maximum Gasteiger partial charge on any atom is 0.273 e. The lowest BCUT2D eigenvalue weighted by molar-refractivity contribution is -0.385. The van der Waals surface area contributed by atoms with E-state index in [9.17, 15) is 25.0 Å². The molecule has 158 valence electrons. The smallest absolute Gasteiger partial charge is 0.273 e. The molecule has 0 saturated carbocycles. The van der Waals surface area contributed by atoms with E-state index in [1.54, 1.807) is 12.1 Å². The quantitative estimate of drug-likeness (QED) is 0.330. The van der Waals surface area contributed by atoms with Crippen molar-refractivity contribution in [1.82, 2.24) is 5.43 Å². The van der Waals surface area contributed by atoms with Crippen LogP contribution in [0.3, 0.4) is 0 Å². The van der Waals surface area contributed by atoms with Gasteiger partial charge in [-0.25, -0.2) is 5.43 Å². The molecule has 0 unspecified atom stereocenters. The minimum absolute atomic E-state index is 0.00126. The van der Waals surface area contributed by atoms with E-state index in [0.29, 0.717) is 22.6 Å². The Balaban J connectivity index is 1.62. The van der Waals surface area contributed by atoms with E-state index in [0.717, 1.165) is 0 Å². The van der Waals surface area contributed by atoms with Gasteiger partial charge in [-0.2, -0.15) is 5.10 Å². The highest BCUT2D eigenvalue weighted by Gasteiger charge is 2.15. The molecule has 0 bridgehead atoms. The highest BCUT2D eigenvalue weighted by molar-refractivity contribution is 5.82. The van der Waals surface area contributed by atoms with Crippen molar-refractivity contribution in [2.24, 2.45) is 5.10 Å². The predicted octanol–water partition coefficient (Wildman–Crippen LogP) is 3.46. The summed E-state index contributed by atoms with van der Waals surface area (Å²) in [5.41, 5.74) is 3.31. The van der Waals surface area contributed by atoms with E-state index >= 15 is 0 Å². The fourth-order valence-corrected chi connectivity index (χ4v) is 2.69. The van der Waals surface area contributed by atoms with Crippen LogP contribution >= 0.6 is 0 Å². The lowest BCUT2D eigenvalue weighted by Crippen LogP contribution is -2.19.